The molecular weight excluding hydrogens is 372 g/mol. The first-order valence-corrected chi connectivity index (χ1v) is 11.0. The van der Waals surface area contributed by atoms with Crippen molar-refractivity contribution < 1.29 is 8.42 Å². The van der Waals surface area contributed by atoms with E-state index in [4.69, 9.17) is 0 Å². The van der Waals surface area contributed by atoms with Gasteiger partial charge < -0.3 is 0 Å². The second-order valence-electron chi connectivity index (χ2n) is 6.20. The topological polar surface area (TPSA) is 59.1 Å². The van der Waals surface area contributed by atoms with Gasteiger partial charge in [0.2, 0.25) is 0 Å². The van der Waals surface area contributed by atoms with E-state index in [1.54, 1.807) is 6.07 Å². The standard InChI is InChI=1S/C18H20N2O2S3/c1-10-6-11(2)17(12(3)7-10)20-25(21,22)16-8-15(24-14(16)5)18-19-13(4)9-23-18/h6-9,20H,1-5H3. The van der Waals surface area contributed by atoms with Crippen molar-refractivity contribution >= 4 is 38.4 Å². The molecule has 2 heterocycles. The minimum absolute atomic E-state index is 0.319. The predicted octanol–water partition coefficient (Wildman–Crippen LogP) is 5.21. The van der Waals surface area contributed by atoms with Crippen LogP contribution in [0.4, 0.5) is 5.69 Å². The monoisotopic (exact) mass is 392 g/mol. The summed E-state index contributed by atoms with van der Waals surface area (Å²) in [6.45, 7) is 9.61. The number of nitrogens with zero attached hydrogens (tertiary/aromatic N) is 1. The number of thiophene rings is 1. The molecule has 0 fully saturated rings. The number of sulfonamides is 1. The van der Waals surface area contributed by atoms with Gasteiger partial charge in [-0.05, 0) is 51.8 Å². The van der Waals surface area contributed by atoms with Gasteiger partial charge in [-0.3, -0.25) is 4.72 Å². The van der Waals surface area contributed by atoms with Crippen molar-refractivity contribution in [3.8, 4) is 9.88 Å². The fourth-order valence-electron chi connectivity index (χ4n) is 2.84. The van der Waals surface area contributed by atoms with Gasteiger partial charge >= 0.3 is 0 Å². The van der Waals surface area contributed by atoms with E-state index >= 15 is 0 Å². The highest BCUT2D eigenvalue weighted by Gasteiger charge is 2.23. The number of anilines is 1. The Morgan fingerprint density at radius 1 is 1.00 bits per heavy atom. The molecule has 3 rings (SSSR count). The molecule has 0 amide bonds. The molecule has 0 bridgehead atoms. The van der Waals surface area contributed by atoms with Gasteiger partial charge in [-0.25, -0.2) is 13.4 Å². The molecule has 0 aliphatic heterocycles. The summed E-state index contributed by atoms with van der Waals surface area (Å²) in [4.78, 5) is 6.42. The number of aromatic nitrogens is 1. The first-order valence-electron chi connectivity index (χ1n) is 7.81. The highest BCUT2D eigenvalue weighted by atomic mass is 32.2. The van der Waals surface area contributed by atoms with Gasteiger partial charge in [-0.2, -0.15) is 0 Å². The third kappa shape index (κ3) is 3.63. The molecule has 7 heteroatoms. The molecule has 132 valence electrons. The van der Waals surface area contributed by atoms with E-state index in [2.05, 4.69) is 9.71 Å². The average molecular weight is 393 g/mol. The molecule has 25 heavy (non-hydrogen) atoms. The summed E-state index contributed by atoms with van der Waals surface area (Å²) in [6, 6.07) is 5.68. The van der Waals surface area contributed by atoms with Crippen molar-refractivity contribution in [1.29, 1.82) is 0 Å². The minimum atomic E-state index is -3.64. The molecule has 0 aliphatic carbocycles. The van der Waals surface area contributed by atoms with E-state index in [1.165, 1.54) is 22.7 Å². The van der Waals surface area contributed by atoms with Crippen LogP contribution in [0.25, 0.3) is 9.88 Å². The van der Waals surface area contributed by atoms with Gasteiger partial charge in [-0.15, -0.1) is 22.7 Å². The van der Waals surface area contributed by atoms with Crippen LogP contribution in [0, 0.1) is 34.6 Å². The zero-order valence-corrected chi connectivity index (χ0v) is 17.2. The third-order valence-electron chi connectivity index (χ3n) is 3.90. The summed E-state index contributed by atoms with van der Waals surface area (Å²) in [5.41, 5.74) is 4.56. The maximum Gasteiger partial charge on any atom is 0.263 e. The summed E-state index contributed by atoms with van der Waals surface area (Å²) >= 11 is 2.99. The Kier molecular flexibility index (Phi) is 4.74. The van der Waals surface area contributed by atoms with Gasteiger partial charge in [-0.1, -0.05) is 17.7 Å². The lowest BCUT2D eigenvalue weighted by atomic mass is 10.1. The van der Waals surface area contributed by atoms with Crippen LogP contribution in [-0.4, -0.2) is 13.4 Å². The highest BCUT2D eigenvalue weighted by molar-refractivity contribution is 7.93. The first kappa shape index (κ1) is 18.1. The smallest absolute Gasteiger partial charge is 0.263 e. The molecule has 0 saturated heterocycles. The molecule has 0 spiro atoms. The Bertz CT molecular complexity index is 1020. The number of nitrogens with one attached hydrogen (secondary N) is 1. The maximum atomic E-state index is 12.9. The van der Waals surface area contributed by atoms with Crippen LogP contribution in [-0.2, 0) is 10.0 Å². The third-order valence-corrected chi connectivity index (χ3v) is 7.69. The fraction of sp³-hybridized carbons (Fsp3) is 0.278. The van der Waals surface area contributed by atoms with Crippen molar-refractivity contribution in [2.24, 2.45) is 0 Å². The summed E-state index contributed by atoms with van der Waals surface area (Å²) < 4.78 is 28.7. The second kappa shape index (κ2) is 6.55. The Hall–Kier alpha value is -1.70. The lowest BCUT2D eigenvalue weighted by molar-refractivity contribution is 0.601. The molecule has 2 aromatic heterocycles. The molecule has 0 saturated carbocycles. The number of hydrogen-bond acceptors (Lipinski definition) is 5. The van der Waals surface area contributed by atoms with E-state index in [-0.39, 0.29) is 0 Å². The largest absolute Gasteiger partial charge is 0.279 e. The summed E-state index contributed by atoms with van der Waals surface area (Å²) in [5, 5.41) is 2.82. The Labute approximate surface area is 156 Å². The maximum absolute atomic E-state index is 12.9. The van der Waals surface area contributed by atoms with Gasteiger partial charge in [0.15, 0.2) is 0 Å². The van der Waals surface area contributed by atoms with E-state index in [0.717, 1.165) is 37.1 Å². The van der Waals surface area contributed by atoms with Crippen molar-refractivity contribution in [3.05, 3.63) is 50.8 Å². The van der Waals surface area contributed by atoms with Crippen molar-refractivity contribution in [3.63, 3.8) is 0 Å². The zero-order chi connectivity index (χ0) is 18.4. The Morgan fingerprint density at radius 2 is 1.64 bits per heavy atom. The molecule has 0 unspecified atom stereocenters. The lowest BCUT2D eigenvalue weighted by Crippen LogP contribution is -2.15. The SMILES string of the molecule is Cc1cc(C)c(NS(=O)(=O)c2cc(-c3nc(C)cs3)sc2C)c(C)c1. The molecular formula is C18H20N2O2S3. The number of rotatable bonds is 4. The predicted molar refractivity (Wildman–Crippen MR) is 106 cm³/mol. The molecule has 0 atom stereocenters. The second-order valence-corrected chi connectivity index (χ2v) is 9.97. The lowest BCUT2D eigenvalue weighted by Gasteiger charge is -2.14. The number of hydrogen-bond donors (Lipinski definition) is 1. The van der Waals surface area contributed by atoms with E-state index in [1.807, 2.05) is 52.1 Å². The zero-order valence-electron chi connectivity index (χ0n) is 14.8. The van der Waals surface area contributed by atoms with E-state index in [0.29, 0.717) is 10.6 Å². The minimum Gasteiger partial charge on any atom is -0.279 e. The molecule has 4 nitrogen and oxygen atoms in total. The van der Waals surface area contributed by atoms with Crippen LogP contribution in [0.5, 0.6) is 0 Å². The first-order chi connectivity index (χ1) is 11.7. The quantitative estimate of drug-likeness (QED) is 0.663. The molecule has 0 radical (unpaired) electrons. The Balaban J connectivity index is 2.00. The molecule has 1 aromatic carbocycles. The molecule has 0 aliphatic rings. The molecule has 1 N–H and O–H groups in total. The van der Waals surface area contributed by atoms with Gasteiger partial charge in [0.05, 0.1) is 10.6 Å². The van der Waals surface area contributed by atoms with E-state index in [9.17, 15) is 8.42 Å². The van der Waals surface area contributed by atoms with Crippen molar-refractivity contribution in [1.82, 2.24) is 4.98 Å². The van der Waals surface area contributed by atoms with Crippen LogP contribution in [0.3, 0.4) is 0 Å². The van der Waals surface area contributed by atoms with Crippen LogP contribution < -0.4 is 4.72 Å². The number of benzene rings is 1. The number of aryl methyl sites for hydroxylation is 5. The Morgan fingerprint density at radius 3 is 2.20 bits per heavy atom. The number of thiazole rings is 1. The summed E-state index contributed by atoms with van der Waals surface area (Å²) in [7, 11) is -3.64. The van der Waals surface area contributed by atoms with Crippen molar-refractivity contribution in [2.45, 2.75) is 39.5 Å². The van der Waals surface area contributed by atoms with Gasteiger partial charge in [0, 0.05) is 16.0 Å². The summed E-state index contributed by atoms with van der Waals surface area (Å²) in [6.07, 6.45) is 0. The van der Waals surface area contributed by atoms with Crippen LogP contribution in [0.1, 0.15) is 27.3 Å². The van der Waals surface area contributed by atoms with Crippen LogP contribution in [0.15, 0.2) is 28.5 Å². The fourth-order valence-corrected chi connectivity index (χ4v) is 6.49. The van der Waals surface area contributed by atoms with Gasteiger partial charge in [0.25, 0.3) is 10.0 Å². The summed E-state index contributed by atoms with van der Waals surface area (Å²) in [5.74, 6) is 0. The highest BCUT2D eigenvalue weighted by Crippen LogP contribution is 2.36. The normalized spacial score (nSPS) is 11.7. The van der Waals surface area contributed by atoms with E-state index < -0.39 is 10.0 Å². The molecule has 3 aromatic rings. The van der Waals surface area contributed by atoms with Crippen LogP contribution >= 0.6 is 22.7 Å². The average Bonchev–Trinajstić information content (AvgIpc) is 3.09. The van der Waals surface area contributed by atoms with Crippen LogP contribution in [0.2, 0.25) is 0 Å². The van der Waals surface area contributed by atoms with Gasteiger partial charge in [0.1, 0.15) is 9.90 Å². The van der Waals surface area contributed by atoms with Crippen molar-refractivity contribution in [2.75, 3.05) is 4.72 Å².